The first kappa shape index (κ1) is 30.1. The molecule has 0 saturated heterocycles. The number of aliphatic carboxylic acids is 4. The van der Waals surface area contributed by atoms with Crippen molar-refractivity contribution in [2.24, 2.45) is 22.9 Å². The van der Waals surface area contributed by atoms with Gasteiger partial charge in [-0.05, 0) is 45.2 Å². The van der Waals surface area contributed by atoms with Crippen LogP contribution in [0.2, 0.25) is 0 Å². The van der Waals surface area contributed by atoms with E-state index in [4.69, 9.17) is 33.1 Å². The van der Waals surface area contributed by atoms with Crippen molar-refractivity contribution in [1.82, 2.24) is 0 Å². The Morgan fingerprint density at radius 3 is 1.32 bits per heavy atom. The van der Waals surface area contributed by atoms with E-state index in [1.807, 2.05) is 0 Å². The summed E-state index contributed by atoms with van der Waals surface area (Å²) in [5, 5.41) is 35.8. The first-order chi connectivity index (χ1) is 12.9. The predicted molar refractivity (Wildman–Crippen MR) is 92.1 cm³/mol. The van der Waals surface area contributed by atoms with Gasteiger partial charge in [-0.25, -0.2) is 0 Å². The van der Waals surface area contributed by atoms with Crippen LogP contribution in [0, 0.1) is 0 Å². The molecule has 0 aromatic rings. The zero-order valence-corrected chi connectivity index (χ0v) is 15.4. The lowest BCUT2D eigenvalue weighted by atomic mass is 10.2. The van der Waals surface area contributed by atoms with Gasteiger partial charge in [-0.3, -0.25) is 14.4 Å². The smallest absolute Gasteiger partial charge is 0.320 e. The Morgan fingerprint density at radius 1 is 0.750 bits per heavy atom. The van der Waals surface area contributed by atoms with Crippen LogP contribution in [0.4, 0.5) is 0 Å². The summed E-state index contributed by atoms with van der Waals surface area (Å²) in [7, 11) is 0. The van der Waals surface area contributed by atoms with E-state index in [1.165, 1.54) is 0 Å². The van der Waals surface area contributed by atoms with Crippen molar-refractivity contribution in [3.63, 3.8) is 0 Å². The maximum atomic E-state index is 10.1. The van der Waals surface area contributed by atoms with E-state index in [2.05, 4.69) is 0 Å². The Labute approximate surface area is 161 Å². The summed E-state index contributed by atoms with van der Waals surface area (Å²) in [6.45, 7) is 1.00. The minimum Gasteiger partial charge on any atom is -0.550 e. The number of hydrogen-bond donors (Lipinski definition) is 6. The Balaban J connectivity index is -0.000000336. The maximum Gasteiger partial charge on any atom is 0.320 e. The van der Waals surface area contributed by atoms with Crippen LogP contribution in [-0.4, -0.2) is 65.0 Å². The van der Waals surface area contributed by atoms with Gasteiger partial charge in [-0.1, -0.05) is 0 Å². The predicted octanol–water partition coefficient (Wildman–Crippen LogP) is -4.89. The van der Waals surface area contributed by atoms with Gasteiger partial charge in [0, 0.05) is 12.4 Å². The highest BCUT2D eigenvalue weighted by atomic mass is 16.4. The third kappa shape index (κ3) is 23.4. The second-order valence-electron chi connectivity index (χ2n) is 5.33. The number of rotatable bonds is 12. The monoisotopic (exact) mass is 408 g/mol. The fourth-order valence-corrected chi connectivity index (χ4v) is 1.24. The molecule has 0 rings (SSSR count). The van der Waals surface area contributed by atoms with Crippen LogP contribution in [-0.2, 0) is 24.0 Å². The van der Waals surface area contributed by atoms with Crippen molar-refractivity contribution in [3.8, 4) is 0 Å². The number of carbonyl (C=O) groups is 5. The highest BCUT2D eigenvalue weighted by Gasteiger charge is 2.09. The first-order valence-corrected chi connectivity index (χ1v) is 8.21. The van der Waals surface area contributed by atoms with Gasteiger partial charge in [-0.2, -0.15) is 0 Å². The van der Waals surface area contributed by atoms with Gasteiger partial charge in [0.05, 0.1) is 0 Å². The normalized spacial score (nSPS) is 11.6. The van der Waals surface area contributed by atoms with E-state index < -0.39 is 54.6 Å². The summed E-state index contributed by atoms with van der Waals surface area (Å²) in [5.41, 5.74) is 20.6. The third-order valence-electron chi connectivity index (χ3n) is 2.86. The van der Waals surface area contributed by atoms with E-state index in [9.17, 15) is 34.2 Å². The second kappa shape index (κ2) is 19.2. The van der Waals surface area contributed by atoms with E-state index in [-0.39, 0.29) is 0 Å². The molecule has 28 heavy (non-hydrogen) atoms. The summed E-state index contributed by atoms with van der Waals surface area (Å²) >= 11 is 0. The average molecular weight is 408 g/mol. The molecule has 0 aromatic carbocycles. The molecule has 0 heterocycles. The molecule has 0 radical (unpaired) electrons. The molecular weight excluding hydrogens is 380 g/mol. The number of carboxylic acids is 4. The van der Waals surface area contributed by atoms with Crippen molar-refractivity contribution >= 4 is 29.7 Å². The van der Waals surface area contributed by atoms with Crippen molar-refractivity contribution in [2.45, 2.75) is 50.6 Å². The van der Waals surface area contributed by atoms with Crippen LogP contribution in [0.25, 0.3) is 0 Å². The van der Waals surface area contributed by atoms with E-state index in [0.29, 0.717) is 38.8 Å². The molecule has 0 aliphatic heterocycles. The molecular formula is C15H28N4O9-2. The zero-order valence-electron chi connectivity index (χ0n) is 15.4. The zero-order chi connectivity index (χ0) is 22.7. The molecule has 0 amide bonds. The van der Waals surface area contributed by atoms with Crippen LogP contribution < -0.4 is 33.1 Å². The van der Waals surface area contributed by atoms with E-state index >= 15 is 0 Å². The molecule has 2 atom stereocenters. The third-order valence-corrected chi connectivity index (χ3v) is 2.86. The maximum absolute atomic E-state index is 10.1. The topological polar surface area (TPSA) is 276 Å². The van der Waals surface area contributed by atoms with Gasteiger partial charge in [0.25, 0.3) is 0 Å². The van der Waals surface area contributed by atoms with E-state index in [0.717, 1.165) is 0 Å². The van der Waals surface area contributed by atoms with Gasteiger partial charge >= 0.3 is 11.9 Å². The van der Waals surface area contributed by atoms with Crippen molar-refractivity contribution in [1.29, 1.82) is 0 Å². The Kier molecular flexibility index (Phi) is 20.6. The molecule has 0 fully saturated rings. The van der Waals surface area contributed by atoms with Gasteiger partial charge in [0.15, 0.2) is 5.78 Å². The number of carboxylic acid groups (broad SMARTS) is 4. The van der Waals surface area contributed by atoms with Crippen LogP contribution in [0.5, 0.6) is 0 Å². The molecule has 0 aromatic heterocycles. The van der Waals surface area contributed by atoms with Crippen molar-refractivity contribution in [2.75, 3.05) is 13.1 Å². The fraction of sp³-hybridized carbons (Fsp3) is 0.667. The van der Waals surface area contributed by atoms with Gasteiger partial charge in [-0.15, -0.1) is 0 Å². The molecule has 13 nitrogen and oxygen atoms in total. The summed E-state index contributed by atoms with van der Waals surface area (Å²) in [6, 6.07) is -1.48. The highest BCUT2D eigenvalue weighted by molar-refractivity contribution is 6.31. The number of carbonyl (C=O) groups excluding carboxylic acids is 3. The van der Waals surface area contributed by atoms with Crippen LogP contribution in [0.3, 0.4) is 0 Å². The van der Waals surface area contributed by atoms with Crippen molar-refractivity contribution in [3.05, 3.63) is 0 Å². The standard InChI is InChI=1S/2C5H12N2O2.C5H6O5/c2*6-3-1-2-4(7)5(8)9;6-3(5(9)10)1-2-4(7)8/h2*4H,1-3,6-7H2,(H,8,9);1-2H2,(H,7,8)(H,9,10)/p-2. The van der Waals surface area contributed by atoms with E-state index in [1.54, 1.807) is 0 Å². The number of ketones is 1. The summed E-state index contributed by atoms with van der Waals surface area (Å²) in [6.07, 6.45) is 1.13. The Bertz CT molecular complexity index is 476. The van der Waals surface area contributed by atoms with Crippen LogP contribution in [0.15, 0.2) is 0 Å². The van der Waals surface area contributed by atoms with Crippen molar-refractivity contribution < 1.29 is 44.4 Å². The molecule has 0 aliphatic rings. The summed E-state index contributed by atoms with van der Waals surface area (Å²) in [4.78, 5) is 49.5. The molecule has 2 unspecified atom stereocenters. The van der Waals surface area contributed by atoms with Crippen LogP contribution >= 0.6 is 0 Å². The Morgan fingerprint density at radius 2 is 1.11 bits per heavy atom. The molecule has 13 heteroatoms. The number of nitrogens with two attached hydrogens (primary N) is 4. The van der Waals surface area contributed by atoms with Gasteiger partial charge < -0.3 is 52.9 Å². The molecule has 0 saturated carbocycles. The minimum atomic E-state index is -1.86. The molecule has 0 aliphatic carbocycles. The lowest BCUT2D eigenvalue weighted by Crippen LogP contribution is -2.33. The Hall–Kier alpha value is -2.61. The minimum absolute atomic E-state index is 0.464. The summed E-state index contributed by atoms with van der Waals surface area (Å²) < 4.78 is 0. The van der Waals surface area contributed by atoms with Crippen LogP contribution in [0.1, 0.15) is 38.5 Å². The van der Waals surface area contributed by atoms with Gasteiger partial charge in [0.1, 0.15) is 18.1 Å². The largest absolute Gasteiger partial charge is 0.550 e. The molecule has 164 valence electrons. The number of Topliss-reactive ketones (excluding diaryl/α,β-unsaturated/α-hetero) is 1. The lowest BCUT2D eigenvalue weighted by Gasteiger charge is -2.02. The first-order valence-electron chi connectivity index (χ1n) is 8.21. The fourth-order valence-electron chi connectivity index (χ4n) is 1.24. The number of hydrogen-bond acceptors (Lipinski definition) is 11. The molecule has 0 bridgehead atoms. The average Bonchev–Trinajstić information content (AvgIpc) is 2.62. The quantitative estimate of drug-likeness (QED) is 0.165. The second-order valence-corrected chi connectivity index (χ2v) is 5.33. The lowest BCUT2D eigenvalue weighted by molar-refractivity contribution is -0.306. The van der Waals surface area contributed by atoms with Gasteiger partial charge in [0.2, 0.25) is 0 Å². The molecule has 0 spiro atoms. The highest BCUT2D eigenvalue weighted by Crippen LogP contribution is 1.91. The molecule has 10 N–H and O–H groups in total. The summed E-state index contributed by atoms with van der Waals surface area (Å²) in [5.74, 6) is -6.44. The SMILES string of the molecule is NCCCC(N)C(=O)O.NCCCC(N)C(=O)O.O=C([O-])CCC(=O)C(=O)[O-].